The van der Waals surface area contributed by atoms with Gasteiger partial charge in [-0.15, -0.1) is 0 Å². The Morgan fingerprint density at radius 1 is 1.17 bits per heavy atom. The Balaban J connectivity index is 1.66. The Bertz CT molecular complexity index is 441. The van der Waals surface area contributed by atoms with E-state index in [1.54, 1.807) is 16.7 Å². The van der Waals surface area contributed by atoms with Crippen LogP contribution >= 0.6 is 0 Å². The highest BCUT2D eigenvalue weighted by atomic mass is 14.4. The van der Waals surface area contributed by atoms with Crippen molar-refractivity contribution in [2.75, 3.05) is 0 Å². The van der Waals surface area contributed by atoms with Crippen LogP contribution in [0.2, 0.25) is 0 Å². The van der Waals surface area contributed by atoms with Crippen LogP contribution in [-0.2, 0) is 6.42 Å². The van der Waals surface area contributed by atoms with Gasteiger partial charge < -0.3 is 0 Å². The highest BCUT2D eigenvalue weighted by Gasteiger charge is 2.40. The smallest absolute Gasteiger partial charge is 0.0128 e. The van der Waals surface area contributed by atoms with E-state index in [9.17, 15) is 0 Å². The number of benzene rings is 1. The van der Waals surface area contributed by atoms with Crippen molar-refractivity contribution in [1.82, 2.24) is 0 Å². The number of hydrogen-bond acceptors (Lipinski definition) is 0. The maximum absolute atomic E-state index is 2.52. The van der Waals surface area contributed by atoms with Crippen molar-refractivity contribution < 1.29 is 0 Å². The highest BCUT2D eigenvalue weighted by Crippen LogP contribution is 2.52. The molecule has 0 radical (unpaired) electrons. The van der Waals surface area contributed by atoms with Gasteiger partial charge in [0.15, 0.2) is 0 Å². The maximum Gasteiger partial charge on any atom is -0.0128 e. The van der Waals surface area contributed by atoms with Gasteiger partial charge in [0.25, 0.3) is 0 Å². The summed E-state index contributed by atoms with van der Waals surface area (Å²) in [6.07, 6.45) is 12.1. The van der Waals surface area contributed by atoms with E-state index in [0.29, 0.717) is 0 Å². The summed E-state index contributed by atoms with van der Waals surface area (Å²) in [4.78, 5) is 0. The minimum atomic E-state index is 0.892. The van der Waals surface area contributed by atoms with Crippen LogP contribution in [0.5, 0.6) is 0 Å². The maximum atomic E-state index is 2.52. The topological polar surface area (TPSA) is 0 Å². The number of unbranched alkanes of at least 4 members (excludes halogenated alkanes) is 2. The first-order chi connectivity index (χ1) is 8.90. The van der Waals surface area contributed by atoms with Crippen LogP contribution in [0, 0.1) is 11.8 Å². The van der Waals surface area contributed by atoms with Gasteiger partial charge in [-0.1, -0.05) is 56.5 Å². The third-order valence-corrected chi connectivity index (χ3v) is 4.61. The first-order valence-electron chi connectivity index (χ1n) is 7.68. The van der Waals surface area contributed by atoms with Crippen molar-refractivity contribution in [3.63, 3.8) is 0 Å². The molecule has 0 nitrogen and oxygen atoms in total. The molecule has 0 N–H and O–H groups in total. The number of allylic oxidation sites excluding steroid dienone is 2. The van der Waals surface area contributed by atoms with E-state index in [1.807, 2.05) is 0 Å². The third kappa shape index (κ3) is 2.39. The van der Waals surface area contributed by atoms with Crippen LogP contribution in [0.3, 0.4) is 0 Å². The molecule has 96 valence electrons. The van der Waals surface area contributed by atoms with Crippen LogP contribution in [-0.4, -0.2) is 0 Å². The van der Waals surface area contributed by atoms with E-state index in [4.69, 9.17) is 0 Å². The van der Waals surface area contributed by atoms with Gasteiger partial charge in [0.05, 0.1) is 0 Å². The SMILES string of the molecule is CCCCC[C@H]1C[C@@H]1C1=CCCc2ccccc21. The minimum Gasteiger partial charge on any atom is -0.0801 e. The molecule has 0 heterocycles. The number of rotatable bonds is 5. The predicted octanol–water partition coefficient (Wildman–Crippen LogP) is 5.23. The van der Waals surface area contributed by atoms with E-state index in [0.717, 1.165) is 11.8 Å². The molecule has 0 spiro atoms. The van der Waals surface area contributed by atoms with Crippen molar-refractivity contribution >= 4 is 5.57 Å². The number of fused-ring (bicyclic) bond motifs is 1. The normalized spacial score (nSPS) is 25.5. The fourth-order valence-electron chi connectivity index (χ4n) is 3.47. The van der Waals surface area contributed by atoms with E-state index in [-0.39, 0.29) is 0 Å². The van der Waals surface area contributed by atoms with Gasteiger partial charge in [0.2, 0.25) is 0 Å². The van der Waals surface area contributed by atoms with Crippen LogP contribution in [0.4, 0.5) is 0 Å². The van der Waals surface area contributed by atoms with E-state index < -0.39 is 0 Å². The summed E-state index contributed by atoms with van der Waals surface area (Å²) in [6, 6.07) is 9.04. The molecule has 1 aromatic carbocycles. The van der Waals surface area contributed by atoms with Crippen molar-refractivity contribution in [2.45, 2.75) is 51.9 Å². The lowest BCUT2D eigenvalue weighted by atomic mass is 9.87. The van der Waals surface area contributed by atoms with Crippen LogP contribution < -0.4 is 0 Å². The van der Waals surface area contributed by atoms with Gasteiger partial charge in [-0.3, -0.25) is 0 Å². The highest BCUT2D eigenvalue weighted by molar-refractivity contribution is 5.73. The molecule has 18 heavy (non-hydrogen) atoms. The lowest BCUT2D eigenvalue weighted by Crippen LogP contribution is -2.01. The second kappa shape index (κ2) is 5.30. The molecular formula is C18H24. The van der Waals surface area contributed by atoms with Crippen LogP contribution in [0.25, 0.3) is 5.57 Å². The Morgan fingerprint density at radius 3 is 2.94 bits per heavy atom. The monoisotopic (exact) mass is 240 g/mol. The Hall–Kier alpha value is -1.04. The molecule has 0 saturated heterocycles. The molecule has 0 aliphatic heterocycles. The van der Waals surface area contributed by atoms with E-state index in [2.05, 4.69) is 37.3 Å². The van der Waals surface area contributed by atoms with Crippen molar-refractivity contribution in [2.24, 2.45) is 11.8 Å². The van der Waals surface area contributed by atoms with Gasteiger partial charge in [-0.2, -0.15) is 0 Å². The Morgan fingerprint density at radius 2 is 2.06 bits per heavy atom. The zero-order valence-corrected chi connectivity index (χ0v) is 11.5. The number of aryl methyl sites for hydroxylation is 1. The summed E-state index contributed by atoms with van der Waals surface area (Å²) in [6.45, 7) is 2.30. The summed E-state index contributed by atoms with van der Waals surface area (Å²) in [5.74, 6) is 1.89. The predicted molar refractivity (Wildman–Crippen MR) is 78.5 cm³/mol. The van der Waals surface area contributed by atoms with E-state index in [1.165, 1.54) is 44.9 Å². The first-order valence-corrected chi connectivity index (χ1v) is 7.68. The van der Waals surface area contributed by atoms with Crippen LogP contribution in [0.15, 0.2) is 30.3 Å². The average Bonchev–Trinajstić information content (AvgIpc) is 3.18. The summed E-state index contributed by atoms with van der Waals surface area (Å²) in [7, 11) is 0. The third-order valence-electron chi connectivity index (χ3n) is 4.61. The number of hydrogen-bond donors (Lipinski definition) is 0. The molecule has 0 unspecified atom stereocenters. The van der Waals surface area contributed by atoms with Gasteiger partial charge in [0, 0.05) is 0 Å². The van der Waals surface area contributed by atoms with Gasteiger partial charge >= 0.3 is 0 Å². The van der Waals surface area contributed by atoms with Crippen molar-refractivity contribution in [3.8, 4) is 0 Å². The summed E-state index contributed by atoms with van der Waals surface area (Å²) in [5, 5.41) is 0. The van der Waals surface area contributed by atoms with E-state index >= 15 is 0 Å². The quantitative estimate of drug-likeness (QED) is 0.618. The lowest BCUT2D eigenvalue weighted by Gasteiger charge is -2.17. The molecule has 2 aliphatic rings. The average molecular weight is 240 g/mol. The molecule has 2 atom stereocenters. The standard InChI is InChI=1S/C18H24/c1-2-3-4-9-15-13-18(15)17-12-7-10-14-8-5-6-11-16(14)17/h5-6,8,11-12,15,18H,2-4,7,9-10,13H2,1H3/t15-,18-/m0/s1. The molecule has 1 fully saturated rings. The second-order valence-corrected chi connectivity index (χ2v) is 5.95. The van der Waals surface area contributed by atoms with Gasteiger partial charge in [-0.05, 0) is 54.2 Å². The Kier molecular flexibility index (Phi) is 3.54. The molecule has 1 aromatic rings. The zero-order valence-electron chi connectivity index (χ0n) is 11.5. The molecule has 0 heteroatoms. The largest absolute Gasteiger partial charge is 0.0801 e. The minimum absolute atomic E-state index is 0.892. The summed E-state index contributed by atoms with van der Waals surface area (Å²) in [5.41, 5.74) is 4.82. The molecule has 0 amide bonds. The zero-order chi connectivity index (χ0) is 12.4. The lowest BCUT2D eigenvalue weighted by molar-refractivity contribution is 0.607. The van der Waals surface area contributed by atoms with Crippen molar-refractivity contribution in [3.05, 3.63) is 41.5 Å². The summed E-state index contributed by atoms with van der Waals surface area (Å²) < 4.78 is 0. The van der Waals surface area contributed by atoms with Crippen LogP contribution in [0.1, 0.15) is 56.6 Å². The van der Waals surface area contributed by atoms with Crippen molar-refractivity contribution in [1.29, 1.82) is 0 Å². The van der Waals surface area contributed by atoms with Gasteiger partial charge in [-0.25, -0.2) is 0 Å². The molecule has 3 rings (SSSR count). The molecule has 0 aromatic heterocycles. The fourth-order valence-corrected chi connectivity index (χ4v) is 3.47. The molecule has 1 saturated carbocycles. The molecule has 0 bridgehead atoms. The Labute approximate surface area is 111 Å². The first kappa shape index (κ1) is 12.0. The molecular weight excluding hydrogens is 216 g/mol. The second-order valence-electron chi connectivity index (χ2n) is 5.95. The summed E-state index contributed by atoms with van der Waals surface area (Å²) >= 11 is 0. The molecule has 2 aliphatic carbocycles. The van der Waals surface area contributed by atoms with Gasteiger partial charge in [0.1, 0.15) is 0 Å². The fraction of sp³-hybridized carbons (Fsp3) is 0.556.